The fourth-order valence-electron chi connectivity index (χ4n) is 1.68. The molecule has 0 radical (unpaired) electrons. The summed E-state index contributed by atoms with van der Waals surface area (Å²) < 4.78 is 11.3. The van der Waals surface area contributed by atoms with E-state index >= 15 is 0 Å². The molecule has 2 aromatic rings. The SMILES string of the molecule is Cc1cnc(C(=O)Nc2ccccc2C[S@](C)=O)cn1. The molecule has 2 rings (SSSR count). The van der Waals surface area contributed by atoms with Gasteiger partial charge in [-0.15, -0.1) is 0 Å². The van der Waals surface area contributed by atoms with Gasteiger partial charge in [-0.3, -0.25) is 14.0 Å². The third kappa shape index (κ3) is 3.71. The summed E-state index contributed by atoms with van der Waals surface area (Å²) in [6.07, 6.45) is 4.61. The zero-order valence-electron chi connectivity index (χ0n) is 11.3. The molecule has 20 heavy (non-hydrogen) atoms. The molecule has 1 atom stereocenters. The Morgan fingerprint density at radius 3 is 2.65 bits per heavy atom. The van der Waals surface area contributed by atoms with Gasteiger partial charge in [0.05, 0.1) is 17.6 Å². The van der Waals surface area contributed by atoms with Gasteiger partial charge < -0.3 is 5.32 Å². The first-order valence-electron chi connectivity index (χ1n) is 6.04. The summed E-state index contributed by atoms with van der Waals surface area (Å²) in [7, 11) is -0.969. The molecule has 5 nitrogen and oxygen atoms in total. The van der Waals surface area contributed by atoms with Crippen LogP contribution in [0.4, 0.5) is 5.69 Å². The lowest BCUT2D eigenvalue weighted by Gasteiger charge is -2.09. The van der Waals surface area contributed by atoms with E-state index in [1.807, 2.05) is 18.2 Å². The van der Waals surface area contributed by atoms with Gasteiger partial charge in [0.25, 0.3) is 5.91 Å². The molecule has 0 unspecified atom stereocenters. The number of amides is 1. The van der Waals surface area contributed by atoms with Crippen molar-refractivity contribution in [2.24, 2.45) is 0 Å². The second kappa shape index (κ2) is 6.38. The highest BCUT2D eigenvalue weighted by Crippen LogP contribution is 2.17. The average molecular weight is 289 g/mol. The number of nitrogens with zero attached hydrogens (tertiary/aromatic N) is 2. The van der Waals surface area contributed by atoms with Gasteiger partial charge in [-0.05, 0) is 18.6 Å². The van der Waals surface area contributed by atoms with Crippen LogP contribution < -0.4 is 5.32 Å². The molecule has 1 aromatic heterocycles. The summed E-state index contributed by atoms with van der Waals surface area (Å²) in [5.41, 5.74) is 2.49. The first-order valence-corrected chi connectivity index (χ1v) is 7.77. The monoisotopic (exact) mass is 289 g/mol. The zero-order chi connectivity index (χ0) is 14.5. The maximum Gasteiger partial charge on any atom is 0.275 e. The van der Waals surface area contributed by atoms with Gasteiger partial charge in [0.15, 0.2) is 0 Å². The second-order valence-corrected chi connectivity index (χ2v) is 5.81. The van der Waals surface area contributed by atoms with Gasteiger partial charge in [-0.1, -0.05) is 18.2 Å². The van der Waals surface area contributed by atoms with Crippen molar-refractivity contribution < 1.29 is 9.00 Å². The lowest BCUT2D eigenvalue weighted by atomic mass is 10.2. The molecule has 0 saturated carbocycles. The number of carbonyl (C=O) groups is 1. The van der Waals surface area contributed by atoms with Crippen LogP contribution in [0, 0.1) is 6.92 Å². The Morgan fingerprint density at radius 1 is 1.25 bits per heavy atom. The Bertz CT molecular complexity index is 641. The molecule has 1 aromatic carbocycles. The van der Waals surface area contributed by atoms with E-state index < -0.39 is 10.8 Å². The second-order valence-electron chi connectivity index (χ2n) is 4.37. The average Bonchev–Trinajstić information content (AvgIpc) is 2.41. The van der Waals surface area contributed by atoms with Gasteiger partial charge in [-0.25, -0.2) is 4.98 Å². The van der Waals surface area contributed by atoms with Crippen LogP contribution in [0.5, 0.6) is 0 Å². The van der Waals surface area contributed by atoms with Crippen molar-refractivity contribution in [3.63, 3.8) is 0 Å². The summed E-state index contributed by atoms with van der Waals surface area (Å²) in [5.74, 6) is 0.0718. The minimum Gasteiger partial charge on any atom is -0.320 e. The summed E-state index contributed by atoms with van der Waals surface area (Å²) in [4.78, 5) is 20.1. The quantitative estimate of drug-likeness (QED) is 0.933. The van der Waals surface area contributed by atoms with E-state index in [-0.39, 0.29) is 11.6 Å². The van der Waals surface area contributed by atoms with Crippen LogP contribution in [0.15, 0.2) is 36.7 Å². The van der Waals surface area contributed by atoms with E-state index in [4.69, 9.17) is 0 Å². The van der Waals surface area contributed by atoms with Crippen LogP contribution in [0.1, 0.15) is 21.7 Å². The number of anilines is 1. The van der Waals surface area contributed by atoms with E-state index in [1.54, 1.807) is 25.4 Å². The van der Waals surface area contributed by atoms with Gasteiger partial charge in [0.2, 0.25) is 0 Å². The lowest BCUT2D eigenvalue weighted by molar-refractivity contribution is 0.102. The molecule has 0 saturated heterocycles. The van der Waals surface area contributed by atoms with Gasteiger partial charge in [-0.2, -0.15) is 0 Å². The van der Waals surface area contributed by atoms with Gasteiger partial charge in [0.1, 0.15) is 5.69 Å². The number of hydrogen-bond donors (Lipinski definition) is 1. The molecule has 0 bridgehead atoms. The van der Waals surface area contributed by atoms with Crippen LogP contribution >= 0.6 is 0 Å². The molecule has 0 fully saturated rings. The number of para-hydroxylation sites is 1. The Hall–Kier alpha value is -2.08. The highest BCUT2D eigenvalue weighted by molar-refractivity contribution is 7.83. The van der Waals surface area contributed by atoms with Crippen LogP contribution in [-0.2, 0) is 16.6 Å². The minimum absolute atomic E-state index is 0.253. The van der Waals surface area contributed by atoms with Crippen molar-refractivity contribution in [2.45, 2.75) is 12.7 Å². The number of benzene rings is 1. The van der Waals surface area contributed by atoms with Crippen molar-refractivity contribution in [3.8, 4) is 0 Å². The summed E-state index contributed by atoms with van der Waals surface area (Å²) in [6.45, 7) is 1.81. The van der Waals surface area contributed by atoms with Crippen LogP contribution in [-0.4, -0.2) is 26.3 Å². The molecule has 0 aliphatic carbocycles. The Kier molecular flexibility index (Phi) is 4.57. The molecule has 104 valence electrons. The first kappa shape index (κ1) is 14.3. The lowest BCUT2D eigenvalue weighted by Crippen LogP contribution is -2.15. The van der Waals surface area contributed by atoms with E-state index in [0.29, 0.717) is 11.4 Å². The molecule has 0 aliphatic heterocycles. The maximum absolute atomic E-state index is 12.1. The standard InChI is InChI=1S/C14H15N3O2S/c1-10-7-16-13(8-15-10)14(18)17-12-6-4-3-5-11(12)9-20(2)19/h3-8H,9H2,1-2H3,(H,17,18)/t20-/m0/s1. The van der Waals surface area contributed by atoms with E-state index in [2.05, 4.69) is 15.3 Å². The smallest absolute Gasteiger partial charge is 0.275 e. The highest BCUT2D eigenvalue weighted by atomic mass is 32.2. The molecule has 1 heterocycles. The summed E-state index contributed by atoms with van der Waals surface area (Å²) in [6, 6.07) is 7.29. The number of aromatic nitrogens is 2. The van der Waals surface area contributed by atoms with Crippen LogP contribution in [0.3, 0.4) is 0 Å². The highest BCUT2D eigenvalue weighted by Gasteiger charge is 2.11. The largest absolute Gasteiger partial charge is 0.320 e. The molecule has 0 aliphatic rings. The maximum atomic E-state index is 12.1. The molecule has 6 heteroatoms. The molecule has 1 amide bonds. The Balaban J connectivity index is 2.19. The Labute approximate surface area is 119 Å². The number of carbonyl (C=O) groups excluding carboxylic acids is 1. The normalized spacial score (nSPS) is 11.9. The van der Waals surface area contributed by atoms with Crippen molar-refractivity contribution in [2.75, 3.05) is 11.6 Å². The number of aryl methyl sites for hydroxylation is 1. The number of nitrogens with one attached hydrogen (secondary N) is 1. The Morgan fingerprint density at radius 2 is 2.00 bits per heavy atom. The van der Waals surface area contributed by atoms with Gasteiger partial charge in [0, 0.05) is 28.9 Å². The molecular formula is C14H15N3O2S. The van der Waals surface area contributed by atoms with E-state index in [1.165, 1.54) is 6.20 Å². The van der Waals surface area contributed by atoms with E-state index in [0.717, 1.165) is 11.3 Å². The zero-order valence-corrected chi connectivity index (χ0v) is 12.1. The minimum atomic E-state index is -0.969. The predicted octanol–water partition coefficient (Wildman–Crippen LogP) is 1.92. The van der Waals surface area contributed by atoms with Crippen molar-refractivity contribution in [1.82, 2.24) is 9.97 Å². The molecule has 0 spiro atoms. The molecule has 1 N–H and O–H groups in total. The third-order valence-electron chi connectivity index (χ3n) is 2.64. The number of rotatable bonds is 4. The van der Waals surface area contributed by atoms with Crippen molar-refractivity contribution in [1.29, 1.82) is 0 Å². The third-order valence-corrected chi connectivity index (χ3v) is 3.36. The first-order chi connectivity index (χ1) is 9.56. The van der Waals surface area contributed by atoms with Crippen LogP contribution in [0.2, 0.25) is 0 Å². The van der Waals surface area contributed by atoms with Crippen molar-refractivity contribution in [3.05, 3.63) is 53.6 Å². The molecular weight excluding hydrogens is 274 g/mol. The summed E-state index contributed by atoms with van der Waals surface area (Å²) in [5, 5.41) is 2.78. The summed E-state index contributed by atoms with van der Waals surface area (Å²) >= 11 is 0. The topological polar surface area (TPSA) is 72.0 Å². The fraction of sp³-hybridized carbons (Fsp3) is 0.214. The van der Waals surface area contributed by atoms with Crippen LogP contribution in [0.25, 0.3) is 0 Å². The van der Waals surface area contributed by atoms with Crippen molar-refractivity contribution >= 4 is 22.4 Å². The predicted molar refractivity (Wildman–Crippen MR) is 78.9 cm³/mol. The fourth-order valence-corrected chi connectivity index (χ4v) is 2.37. The van der Waals surface area contributed by atoms with Gasteiger partial charge >= 0.3 is 0 Å². The van der Waals surface area contributed by atoms with E-state index in [9.17, 15) is 9.00 Å². The number of hydrogen-bond acceptors (Lipinski definition) is 4.